The van der Waals surface area contributed by atoms with Crippen LogP contribution in [0.1, 0.15) is 20.8 Å². The Morgan fingerprint density at radius 1 is 0.560 bits per heavy atom. The van der Waals surface area contributed by atoms with Crippen molar-refractivity contribution in [2.75, 3.05) is 19.8 Å². The normalized spacial score (nSPS) is 48.5. The second-order valence-corrected chi connectivity index (χ2v) is 12.6. The molecule has 0 unspecified atom stereocenters. The lowest BCUT2D eigenvalue weighted by atomic mass is 9.94. The fraction of sp³-hybridized carbons (Fsp3) is 0.929. The maximum atomic E-state index is 12.3. The number of aliphatic hydroxyl groups excluding tert-OH is 11. The molecule has 4 fully saturated rings. The van der Waals surface area contributed by atoms with Crippen molar-refractivity contribution in [2.24, 2.45) is 0 Å². The minimum atomic E-state index is -1.90. The minimum Gasteiger partial charge on any atom is -0.394 e. The monoisotopic (exact) mass is 732 g/mol. The van der Waals surface area contributed by atoms with Gasteiger partial charge in [-0.1, -0.05) is 0 Å². The van der Waals surface area contributed by atoms with Crippen molar-refractivity contribution < 1.29 is 98.9 Å². The van der Waals surface area contributed by atoms with E-state index in [0.717, 1.165) is 13.8 Å². The molecule has 50 heavy (non-hydrogen) atoms. The molecule has 0 radical (unpaired) electrons. The van der Waals surface area contributed by atoms with E-state index in [1.807, 2.05) is 0 Å². The highest BCUT2D eigenvalue weighted by Crippen LogP contribution is 2.33. The van der Waals surface area contributed by atoms with Gasteiger partial charge in [0, 0.05) is 13.8 Å². The number of rotatable bonds is 11. The van der Waals surface area contributed by atoms with Crippen LogP contribution >= 0.6 is 0 Å². The van der Waals surface area contributed by atoms with Gasteiger partial charge in [-0.15, -0.1) is 0 Å². The largest absolute Gasteiger partial charge is 0.394 e. The van der Waals surface area contributed by atoms with Gasteiger partial charge in [-0.3, -0.25) is 9.59 Å². The van der Waals surface area contributed by atoms with Crippen molar-refractivity contribution in [1.82, 2.24) is 10.6 Å². The van der Waals surface area contributed by atoms with Gasteiger partial charge in [0.05, 0.1) is 25.9 Å². The smallest absolute Gasteiger partial charge is 0.217 e. The summed E-state index contributed by atoms with van der Waals surface area (Å²) < 4.78 is 39.5. The topological polar surface area (TPSA) is 345 Å². The summed E-state index contributed by atoms with van der Waals surface area (Å²) in [4.78, 5) is 24.1. The molecule has 0 saturated carbocycles. The van der Waals surface area contributed by atoms with Gasteiger partial charge in [0.15, 0.2) is 25.2 Å². The third-order valence-electron chi connectivity index (χ3n) is 8.95. The molecule has 22 nitrogen and oxygen atoms in total. The zero-order valence-electron chi connectivity index (χ0n) is 27.3. The SMILES string of the molecule is CC(=O)N[C@@H]1[C@@H](O)[C@H](O[C@@H]2O[C@H](CO)[C@@H](O[C@H]3O[C@H](CO)[C@@H](O)[C@H](O)[C@@H]3O)[C@H](O)[C@H]2NC(C)=O)[C@@H](CO[C@H]2O[C@@H](C)[C@@H](O)[C@@H](O)[C@@H]2O)O[C@H]1O. The molecule has 0 aliphatic carbocycles. The second kappa shape index (κ2) is 17.4. The molecule has 20 atom stereocenters. The Balaban J connectivity index is 1.58. The molecule has 2 amide bonds. The van der Waals surface area contributed by atoms with Crippen LogP contribution in [0.5, 0.6) is 0 Å². The molecule has 4 rings (SSSR count). The van der Waals surface area contributed by atoms with Crippen molar-refractivity contribution in [1.29, 1.82) is 0 Å². The van der Waals surface area contributed by atoms with Gasteiger partial charge >= 0.3 is 0 Å². The van der Waals surface area contributed by atoms with Crippen molar-refractivity contribution >= 4 is 11.8 Å². The molecule has 4 aliphatic rings. The summed E-state index contributed by atoms with van der Waals surface area (Å²) >= 11 is 0. The van der Waals surface area contributed by atoms with E-state index in [0.29, 0.717) is 0 Å². The lowest BCUT2D eigenvalue weighted by Gasteiger charge is -2.49. The molecule has 0 aromatic heterocycles. The van der Waals surface area contributed by atoms with E-state index in [-0.39, 0.29) is 0 Å². The van der Waals surface area contributed by atoms with Gasteiger partial charge in [-0.2, -0.15) is 0 Å². The molecular formula is C28H48N2O20. The molecule has 22 heteroatoms. The second-order valence-electron chi connectivity index (χ2n) is 12.6. The quantitative estimate of drug-likeness (QED) is 0.0938. The van der Waals surface area contributed by atoms with Gasteiger partial charge < -0.3 is 100.0 Å². The van der Waals surface area contributed by atoms with Gasteiger partial charge in [0.25, 0.3) is 0 Å². The lowest BCUT2D eigenvalue weighted by molar-refractivity contribution is -0.363. The average molecular weight is 733 g/mol. The highest BCUT2D eigenvalue weighted by atomic mass is 16.8. The zero-order valence-corrected chi connectivity index (χ0v) is 27.3. The molecule has 0 aromatic carbocycles. The molecule has 13 N–H and O–H groups in total. The summed E-state index contributed by atoms with van der Waals surface area (Å²) in [6.07, 6.45) is -29.6. The van der Waals surface area contributed by atoms with E-state index in [2.05, 4.69) is 10.6 Å². The van der Waals surface area contributed by atoms with E-state index in [4.69, 9.17) is 33.2 Å². The van der Waals surface area contributed by atoms with E-state index < -0.39 is 154 Å². The van der Waals surface area contributed by atoms with Crippen LogP contribution in [0.2, 0.25) is 0 Å². The van der Waals surface area contributed by atoms with E-state index in [1.165, 1.54) is 6.92 Å². The van der Waals surface area contributed by atoms with Crippen molar-refractivity contribution in [2.45, 2.75) is 143 Å². The first-order valence-corrected chi connectivity index (χ1v) is 15.9. The summed E-state index contributed by atoms with van der Waals surface area (Å²) in [5.74, 6) is -1.41. The fourth-order valence-corrected chi connectivity index (χ4v) is 6.20. The molecule has 4 aliphatic heterocycles. The number of carbonyl (C=O) groups is 2. The van der Waals surface area contributed by atoms with E-state index >= 15 is 0 Å². The molecule has 0 bridgehead atoms. The van der Waals surface area contributed by atoms with Crippen LogP contribution < -0.4 is 10.6 Å². The highest BCUT2D eigenvalue weighted by Gasteiger charge is 2.54. The fourth-order valence-electron chi connectivity index (χ4n) is 6.20. The Hall–Kier alpha value is -1.78. The molecule has 4 heterocycles. The van der Waals surface area contributed by atoms with Gasteiger partial charge in [0.1, 0.15) is 91.4 Å². The molecule has 290 valence electrons. The third-order valence-corrected chi connectivity index (χ3v) is 8.95. The minimum absolute atomic E-state index is 0.630. The summed E-state index contributed by atoms with van der Waals surface area (Å²) in [7, 11) is 0. The Labute approximate surface area is 285 Å². The van der Waals surface area contributed by atoms with Crippen LogP contribution in [-0.4, -0.2) is 211 Å². The molecule has 0 spiro atoms. The first-order chi connectivity index (χ1) is 23.5. The number of aliphatic hydroxyl groups is 11. The summed E-state index contributed by atoms with van der Waals surface area (Å²) in [6.45, 7) is 1.27. The number of nitrogens with one attached hydrogen (secondary N) is 2. The van der Waals surface area contributed by atoms with Crippen molar-refractivity contribution in [3.63, 3.8) is 0 Å². The summed E-state index contributed by atoms with van der Waals surface area (Å²) in [5, 5.41) is 119. The van der Waals surface area contributed by atoms with Crippen molar-refractivity contribution in [3.8, 4) is 0 Å². The highest BCUT2D eigenvalue weighted by molar-refractivity contribution is 5.73. The Kier molecular flexibility index (Phi) is 14.2. The van der Waals surface area contributed by atoms with Gasteiger partial charge in [-0.25, -0.2) is 0 Å². The van der Waals surface area contributed by atoms with Crippen molar-refractivity contribution in [3.05, 3.63) is 0 Å². The van der Waals surface area contributed by atoms with Crippen LogP contribution in [0.4, 0.5) is 0 Å². The molecule has 4 saturated heterocycles. The standard InChI is InChI=1S/C28H48N2O20/c1-7-15(35)19(39)21(41)27(45-7)44-6-12-24(17(37)13(25(43)46-12)29-8(2)33)49-26-14(30-9(3)34)18(38)23(11(5-32)48-26)50-28-22(42)20(40)16(36)10(4-31)47-28/h7,10-28,31-32,35-43H,4-6H2,1-3H3,(H,29,33)(H,30,34)/t7-,10+,11+,12+,13+,14+,15+,16+,17+,18+,19+,20-,21-,22-,23+,24+,25+,26-,27-,28+/m0/s1. The number of hydrogen-bond donors (Lipinski definition) is 13. The zero-order chi connectivity index (χ0) is 37.2. The Morgan fingerprint density at radius 2 is 1.06 bits per heavy atom. The third kappa shape index (κ3) is 8.87. The predicted molar refractivity (Wildman–Crippen MR) is 156 cm³/mol. The average Bonchev–Trinajstić information content (AvgIpc) is 3.06. The van der Waals surface area contributed by atoms with Crippen LogP contribution in [0.15, 0.2) is 0 Å². The number of carbonyl (C=O) groups excluding carboxylic acids is 2. The predicted octanol–water partition coefficient (Wildman–Crippen LogP) is -8.43. The molecule has 0 aromatic rings. The van der Waals surface area contributed by atoms with Gasteiger partial charge in [-0.05, 0) is 6.92 Å². The molecular weight excluding hydrogens is 684 g/mol. The number of ether oxygens (including phenoxy) is 7. The number of amides is 2. The van der Waals surface area contributed by atoms with Crippen LogP contribution in [0.25, 0.3) is 0 Å². The Bertz CT molecular complexity index is 1120. The maximum Gasteiger partial charge on any atom is 0.217 e. The first kappa shape index (κ1) is 41.0. The van der Waals surface area contributed by atoms with E-state index in [9.17, 15) is 65.8 Å². The van der Waals surface area contributed by atoms with Crippen LogP contribution in [-0.2, 0) is 42.7 Å². The number of hydrogen-bond acceptors (Lipinski definition) is 20. The summed E-state index contributed by atoms with van der Waals surface area (Å²) in [6, 6.07) is -3.09. The summed E-state index contributed by atoms with van der Waals surface area (Å²) in [5.41, 5.74) is 0. The van der Waals surface area contributed by atoms with Gasteiger partial charge in [0.2, 0.25) is 11.8 Å². The van der Waals surface area contributed by atoms with E-state index in [1.54, 1.807) is 0 Å². The van der Waals surface area contributed by atoms with Crippen LogP contribution in [0.3, 0.4) is 0 Å². The first-order valence-electron chi connectivity index (χ1n) is 15.9. The van der Waals surface area contributed by atoms with Crippen LogP contribution in [0, 0.1) is 0 Å². The lowest BCUT2D eigenvalue weighted by Crippen LogP contribution is -2.70. The maximum absolute atomic E-state index is 12.3. The Morgan fingerprint density at radius 3 is 1.66 bits per heavy atom.